The van der Waals surface area contributed by atoms with Crippen molar-refractivity contribution in [3.8, 4) is 0 Å². The quantitative estimate of drug-likeness (QED) is 0.457. The largest absolute Gasteiger partial charge is 0.393 e. The molecule has 2 heterocycles. The summed E-state index contributed by atoms with van der Waals surface area (Å²) in [7, 11) is 0. The number of rotatable bonds is 1. The summed E-state index contributed by atoms with van der Waals surface area (Å²) in [6.45, 7) is 0. The molecule has 1 aromatic rings. The predicted octanol–water partition coefficient (Wildman–Crippen LogP) is 0.0952. The Labute approximate surface area is 71.5 Å². The Morgan fingerprint density at radius 2 is 2.42 bits per heavy atom. The Balaban J connectivity index is 2.26. The molecule has 1 aliphatic rings. The first-order valence-electron chi connectivity index (χ1n) is 3.29. The molecule has 0 bridgehead atoms. The van der Waals surface area contributed by atoms with Crippen LogP contribution in [0, 0.1) is 0 Å². The topological polar surface area (TPSA) is 69.2 Å². The number of aromatic nitrogens is 2. The number of carbonyl (C=O) groups is 2. The number of ether oxygens (including phenoxy) is 1. The Bertz CT molecular complexity index is 322. The van der Waals surface area contributed by atoms with E-state index in [1.807, 2.05) is 0 Å². The van der Waals surface area contributed by atoms with Crippen LogP contribution in [0.2, 0.25) is 0 Å². The van der Waals surface area contributed by atoms with Gasteiger partial charge in [0.05, 0.1) is 12.1 Å². The van der Waals surface area contributed by atoms with Gasteiger partial charge in [0.2, 0.25) is 0 Å². The minimum Gasteiger partial charge on any atom is -0.393 e. The lowest BCUT2D eigenvalue weighted by Gasteiger charge is -1.95. The van der Waals surface area contributed by atoms with Gasteiger partial charge >= 0.3 is 11.9 Å². The van der Waals surface area contributed by atoms with E-state index in [0.29, 0.717) is 5.69 Å². The SMILES string of the molecule is O=C1CC(c2csnn2)C(=O)O1. The maximum absolute atomic E-state index is 11.0. The predicted molar refractivity (Wildman–Crippen MR) is 38.4 cm³/mol. The van der Waals surface area contributed by atoms with Gasteiger partial charge in [-0.2, -0.15) is 0 Å². The third kappa shape index (κ3) is 1.10. The fraction of sp³-hybridized carbons (Fsp3) is 0.333. The Morgan fingerprint density at radius 3 is 2.92 bits per heavy atom. The fourth-order valence-electron chi connectivity index (χ4n) is 1.02. The van der Waals surface area contributed by atoms with E-state index in [4.69, 9.17) is 0 Å². The van der Waals surface area contributed by atoms with E-state index in [0.717, 1.165) is 11.5 Å². The van der Waals surface area contributed by atoms with Gasteiger partial charge in [0.25, 0.3) is 0 Å². The van der Waals surface area contributed by atoms with Gasteiger partial charge in [-0.1, -0.05) is 4.49 Å². The monoisotopic (exact) mass is 184 g/mol. The van der Waals surface area contributed by atoms with E-state index < -0.39 is 17.9 Å². The van der Waals surface area contributed by atoms with Crippen LogP contribution in [-0.2, 0) is 14.3 Å². The molecular weight excluding hydrogens is 180 g/mol. The molecule has 0 radical (unpaired) electrons. The Kier molecular flexibility index (Phi) is 1.61. The van der Waals surface area contributed by atoms with Gasteiger partial charge in [0.1, 0.15) is 5.92 Å². The molecule has 0 amide bonds. The van der Waals surface area contributed by atoms with Gasteiger partial charge in [0.15, 0.2) is 0 Å². The van der Waals surface area contributed by atoms with Crippen molar-refractivity contribution in [1.29, 1.82) is 0 Å². The van der Waals surface area contributed by atoms with Crippen LogP contribution >= 0.6 is 11.5 Å². The van der Waals surface area contributed by atoms with Crippen LogP contribution in [0.3, 0.4) is 0 Å². The molecule has 1 unspecified atom stereocenters. The summed E-state index contributed by atoms with van der Waals surface area (Å²) in [4.78, 5) is 21.6. The summed E-state index contributed by atoms with van der Waals surface area (Å²) in [5.74, 6) is -1.54. The Hall–Kier alpha value is -1.30. The summed E-state index contributed by atoms with van der Waals surface area (Å²) >= 11 is 1.15. The Morgan fingerprint density at radius 1 is 1.58 bits per heavy atom. The zero-order valence-corrected chi connectivity index (χ0v) is 6.71. The van der Waals surface area contributed by atoms with Crippen molar-refractivity contribution in [2.75, 3.05) is 0 Å². The van der Waals surface area contributed by atoms with E-state index in [1.165, 1.54) is 0 Å². The highest BCUT2D eigenvalue weighted by Gasteiger charge is 2.36. The molecule has 12 heavy (non-hydrogen) atoms. The van der Waals surface area contributed by atoms with E-state index in [-0.39, 0.29) is 6.42 Å². The molecule has 0 N–H and O–H groups in total. The lowest BCUT2D eigenvalue weighted by atomic mass is 10.1. The number of esters is 2. The number of hydrogen-bond acceptors (Lipinski definition) is 6. The first kappa shape index (κ1) is 7.35. The molecule has 6 heteroatoms. The molecular formula is C6H4N2O3S. The average Bonchev–Trinajstić information content (AvgIpc) is 2.58. The van der Waals surface area contributed by atoms with Crippen LogP contribution in [0.25, 0.3) is 0 Å². The standard InChI is InChI=1S/C6H4N2O3S/c9-5-1-3(6(10)11-5)4-2-12-8-7-4/h2-3H,1H2. The summed E-state index contributed by atoms with van der Waals surface area (Å²) in [5, 5.41) is 5.34. The second-order valence-corrected chi connectivity index (χ2v) is 2.99. The van der Waals surface area contributed by atoms with Gasteiger partial charge in [-0.15, -0.1) is 5.10 Å². The van der Waals surface area contributed by atoms with Crippen LogP contribution in [0.4, 0.5) is 0 Å². The van der Waals surface area contributed by atoms with Crippen molar-refractivity contribution in [3.05, 3.63) is 11.1 Å². The highest BCUT2D eigenvalue weighted by molar-refractivity contribution is 7.03. The van der Waals surface area contributed by atoms with Crippen molar-refractivity contribution < 1.29 is 14.3 Å². The average molecular weight is 184 g/mol. The number of carbonyl (C=O) groups excluding carboxylic acids is 2. The zero-order chi connectivity index (χ0) is 8.55. The molecule has 2 rings (SSSR count). The van der Waals surface area contributed by atoms with Gasteiger partial charge in [0, 0.05) is 5.38 Å². The first-order valence-corrected chi connectivity index (χ1v) is 4.12. The van der Waals surface area contributed by atoms with Crippen molar-refractivity contribution in [3.63, 3.8) is 0 Å². The molecule has 0 aromatic carbocycles. The highest BCUT2D eigenvalue weighted by Crippen LogP contribution is 2.25. The minimum absolute atomic E-state index is 0.0875. The normalized spacial score (nSPS) is 22.8. The van der Waals surface area contributed by atoms with Crippen LogP contribution in [0.5, 0.6) is 0 Å². The summed E-state index contributed by atoms with van der Waals surface area (Å²) in [6, 6.07) is 0. The summed E-state index contributed by atoms with van der Waals surface area (Å²) in [6.07, 6.45) is 0.0875. The van der Waals surface area contributed by atoms with Crippen molar-refractivity contribution in [1.82, 2.24) is 9.59 Å². The third-order valence-corrected chi connectivity index (χ3v) is 2.13. The smallest absolute Gasteiger partial charge is 0.323 e. The van der Waals surface area contributed by atoms with Crippen molar-refractivity contribution in [2.24, 2.45) is 0 Å². The molecule has 1 aromatic heterocycles. The van der Waals surface area contributed by atoms with Gasteiger partial charge in [-0.05, 0) is 11.5 Å². The van der Waals surface area contributed by atoms with Crippen molar-refractivity contribution >= 4 is 23.5 Å². The number of nitrogens with zero attached hydrogens (tertiary/aromatic N) is 2. The third-order valence-electron chi connectivity index (χ3n) is 1.60. The van der Waals surface area contributed by atoms with Crippen LogP contribution < -0.4 is 0 Å². The van der Waals surface area contributed by atoms with E-state index in [2.05, 4.69) is 14.3 Å². The second kappa shape index (κ2) is 2.63. The lowest BCUT2D eigenvalue weighted by molar-refractivity contribution is -0.152. The van der Waals surface area contributed by atoms with E-state index in [1.54, 1.807) is 5.38 Å². The maximum atomic E-state index is 11.0. The summed E-state index contributed by atoms with van der Waals surface area (Å²) < 4.78 is 7.96. The van der Waals surface area contributed by atoms with Gasteiger partial charge < -0.3 is 4.74 Å². The molecule has 1 atom stereocenters. The lowest BCUT2D eigenvalue weighted by Crippen LogP contribution is -2.05. The maximum Gasteiger partial charge on any atom is 0.323 e. The zero-order valence-electron chi connectivity index (χ0n) is 5.89. The number of hydrogen-bond donors (Lipinski definition) is 0. The molecule has 5 nitrogen and oxygen atoms in total. The molecule has 1 saturated heterocycles. The van der Waals surface area contributed by atoms with Crippen LogP contribution in [0.15, 0.2) is 5.38 Å². The summed E-state index contributed by atoms with van der Waals surface area (Å²) in [5.41, 5.74) is 0.524. The molecule has 1 aliphatic heterocycles. The van der Waals surface area contributed by atoms with E-state index in [9.17, 15) is 9.59 Å². The van der Waals surface area contributed by atoms with Crippen LogP contribution in [-0.4, -0.2) is 21.5 Å². The van der Waals surface area contributed by atoms with Gasteiger partial charge in [-0.3, -0.25) is 9.59 Å². The molecule has 62 valence electrons. The van der Waals surface area contributed by atoms with Gasteiger partial charge in [-0.25, -0.2) is 0 Å². The number of cyclic esters (lactones) is 2. The second-order valence-electron chi connectivity index (χ2n) is 2.38. The highest BCUT2D eigenvalue weighted by atomic mass is 32.1. The minimum atomic E-state index is -0.531. The van der Waals surface area contributed by atoms with Crippen molar-refractivity contribution in [2.45, 2.75) is 12.3 Å². The first-order chi connectivity index (χ1) is 5.77. The molecule has 1 fully saturated rings. The molecule has 0 aliphatic carbocycles. The molecule has 0 saturated carbocycles. The van der Waals surface area contributed by atoms with E-state index >= 15 is 0 Å². The fourth-order valence-corrected chi connectivity index (χ4v) is 1.53. The van der Waals surface area contributed by atoms with Crippen LogP contribution in [0.1, 0.15) is 18.0 Å². The molecule has 0 spiro atoms.